The van der Waals surface area contributed by atoms with Crippen LogP contribution in [0.15, 0.2) is 112 Å². The summed E-state index contributed by atoms with van der Waals surface area (Å²) in [6.45, 7) is 1.08. The van der Waals surface area contributed by atoms with E-state index in [1.54, 1.807) is 6.07 Å². The fraction of sp³-hybridized carbons (Fsp3) is 0.0333. The summed E-state index contributed by atoms with van der Waals surface area (Å²) in [5.41, 5.74) is 0.129. The van der Waals surface area contributed by atoms with Crippen LogP contribution in [0.5, 0.6) is 0 Å². The zero-order valence-electron chi connectivity index (χ0n) is 21.4. The Balaban J connectivity index is 0.000000181. The van der Waals surface area contributed by atoms with Crippen LogP contribution in [0.2, 0.25) is 0 Å². The van der Waals surface area contributed by atoms with Crippen molar-refractivity contribution in [1.29, 1.82) is 0 Å². The Morgan fingerprint density at radius 2 is 1.00 bits per heavy atom. The number of nitrogens with zero attached hydrogens (tertiary/aromatic N) is 2. The first kappa shape index (κ1) is 30.9. The molecule has 0 atom stereocenters. The fourth-order valence-corrected chi connectivity index (χ4v) is 5.56. The van der Waals surface area contributed by atoms with E-state index in [1.165, 1.54) is 21.5 Å². The first-order valence-corrected chi connectivity index (χ1v) is 13.4. The lowest BCUT2D eigenvalue weighted by atomic mass is 10.0. The van der Waals surface area contributed by atoms with E-state index in [2.05, 4.69) is 86.5 Å². The summed E-state index contributed by atoms with van der Waals surface area (Å²) in [7, 11) is 0. The quantitative estimate of drug-likeness (QED) is 0.1000. The number of benzene rings is 6. The molecule has 9 nitrogen and oxygen atoms in total. The van der Waals surface area contributed by atoms with Crippen molar-refractivity contribution in [2.75, 3.05) is 0 Å². The van der Waals surface area contributed by atoms with Crippen LogP contribution in [-0.4, -0.2) is 26.3 Å². The molecule has 0 bridgehead atoms. The van der Waals surface area contributed by atoms with E-state index in [0.717, 1.165) is 27.6 Å². The maximum atomic E-state index is 11.3. The average molecular weight is 682 g/mol. The maximum Gasteiger partial charge on any atom is 0.300 e. The molecule has 0 amide bonds. The van der Waals surface area contributed by atoms with Crippen LogP contribution < -0.4 is 0 Å². The Morgan fingerprint density at radius 3 is 1.49 bits per heavy atom. The van der Waals surface area contributed by atoms with Gasteiger partial charge in [0.2, 0.25) is 0 Å². The van der Waals surface area contributed by atoms with E-state index < -0.39 is 11.1 Å². The summed E-state index contributed by atoms with van der Waals surface area (Å²) in [5, 5.41) is 40.9. The summed E-state index contributed by atoms with van der Waals surface area (Å²) in [5.74, 6) is -0.833. The number of hydrogen-bond donors (Lipinski definition) is 2. The van der Waals surface area contributed by atoms with Crippen LogP contribution in [-0.2, 0) is 4.79 Å². The van der Waals surface area contributed by atoms with Gasteiger partial charge in [0, 0.05) is 16.8 Å². The number of carboxylic acid groups (broad SMARTS) is 1. The number of rotatable bonds is 1. The number of halogens is 2. The van der Waals surface area contributed by atoms with Crippen LogP contribution in [0.25, 0.3) is 43.1 Å². The van der Waals surface area contributed by atoms with Crippen molar-refractivity contribution < 1.29 is 25.1 Å². The summed E-state index contributed by atoms with van der Waals surface area (Å²) >= 11 is 6.98. The molecule has 0 aromatic heterocycles. The predicted molar refractivity (Wildman–Crippen MR) is 167 cm³/mol. The highest BCUT2D eigenvalue weighted by Gasteiger charge is 2.20. The zero-order valence-corrected chi connectivity index (χ0v) is 24.6. The van der Waals surface area contributed by atoms with Crippen LogP contribution in [0, 0.1) is 20.2 Å². The molecule has 0 radical (unpaired) electrons. The minimum absolute atomic E-state index is 0.129. The number of nitro groups is 1. The largest absolute Gasteiger partial charge is 0.481 e. The van der Waals surface area contributed by atoms with Gasteiger partial charge in [-0.1, -0.05) is 107 Å². The van der Waals surface area contributed by atoms with Crippen molar-refractivity contribution in [2.45, 2.75) is 6.92 Å². The molecule has 6 rings (SSSR count). The highest BCUT2D eigenvalue weighted by atomic mass is 79.9. The lowest BCUT2D eigenvalue weighted by molar-refractivity contribution is -0.742. The van der Waals surface area contributed by atoms with Crippen LogP contribution in [0.3, 0.4) is 0 Å². The highest BCUT2D eigenvalue weighted by molar-refractivity contribution is 9.11. The van der Waals surface area contributed by atoms with Gasteiger partial charge in [-0.3, -0.25) is 14.9 Å². The molecule has 208 valence electrons. The van der Waals surface area contributed by atoms with Crippen molar-refractivity contribution in [3.05, 3.63) is 132 Å². The molecule has 0 fully saturated rings. The molecule has 0 aliphatic rings. The van der Waals surface area contributed by atoms with Crippen molar-refractivity contribution in [1.82, 2.24) is 0 Å². The summed E-state index contributed by atoms with van der Waals surface area (Å²) in [6.07, 6.45) is 0. The number of aliphatic carboxylic acids is 1. The smallest absolute Gasteiger partial charge is 0.300 e. The van der Waals surface area contributed by atoms with E-state index in [1.807, 2.05) is 42.5 Å². The summed E-state index contributed by atoms with van der Waals surface area (Å²) < 4.78 is 1.71. The first-order chi connectivity index (χ1) is 19.5. The molecule has 0 spiro atoms. The lowest BCUT2D eigenvalue weighted by Gasteiger charge is -2.07. The van der Waals surface area contributed by atoms with Gasteiger partial charge in [0.25, 0.3) is 16.7 Å². The maximum absolute atomic E-state index is 11.3. The third-order valence-electron chi connectivity index (χ3n) is 5.74. The SMILES string of the molecule is Brc1cc2ccccc2c2ccccc12.CC(=O)O.O=[N+]([O-])O.O=[N+]([O-])c1c(Br)c2ccccc2c2ccccc12. The molecule has 0 saturated carbocycles. The molecule has 6 aromatic carbocycles. The normalized spacial score (nSPS) is 10.0. The van der Waals surface area contributed by atoms with Gasteiger partial charge in [0.15, 0.2) is 0 Å². The van der Waals surface area contributed by atoms with Gasteiger partial charge >= 0.3 is 0 Å². The minimum Gasteiger partial charge on any atom is -0.481 e. The number of carboxylic acids is 1. The highest BCUT2D eigenvalue weighted by Crippen LogP contribution is 2.40. The molecule has 0 aliphatic heterocycles. The molecule has 2 N–H and O–H groups in total. The molecule has 41 heavy (non-hydrogen) atoms. The molecule has 6 aromatic rings. The van der Waals surface area contributed by atoms with Gasteiger partial charge in [-0.05, 0) is 60.4 Å². The second-order valence-electron chi connectivity index (χ2n) is 8.39. The van der Waals surface area contributed by atoms with E-state index in [4.69, 9.17) is 25.2 Å². The molecule has 0 saturated heterocycles. The number of nitro benzene ring substituents is 1. The van der Waals surface area contributed by atoms with Crippen molar-refractivity contribution in [3.63, 3.8) is 0 Å². The number of carbonyl (C=O) groups is 1. The van der Waals surface area contributed by atoms with Crippen LogP contribution >= 0.6 is 31.9 Å². The summed E-state index contributed by atoms with van der Waals surface area (Å²) in [4.78, 5) is 28.3. The van der Waals surface area contributed by atoms with Gasteiger partial charge in [-0.15, -0.1) is 10.1 Å². The average Bonchev–Trinajstić information content (AvgIpc) is 2.93. The summed E-state index contributed by atoms with van der Waals surface area (Å²) in [6, 6.07) is 34.2. The Kier molecular flexibility index (Phi) is 10.7. The standard InChI is InChI=1S/C14H8BrNO2.C14H9Br.C2H4O2.HNO3/c15-13-11-7-3-1-5-9(11)10-6-2-4-8-12(10)14(13)16(17)18;15-14-9-10-5-1-2-6-11(10)12-7-3-4-8-13(12)14;1-2(3)4;2-1(3)4/h1-8H;1-9H;1H3,(H,3,4);(H,2,3,4). The van der Waals surface area contributed by atoms with E-state index in [0.29, 0.717) is 9.86 Å². The van der Waals surface area contributed by atoms with Crippen LogP contribution in [0.1, 0.15) is 6.92 Å². The molecule has 0 aliphatic carbocycles. The Morgan fingerprint density at radius 1 is 0.659 bits per heavy atom. The minimum atomic E-state index is -1.50. The van der Waals surface area contributed by atoms with Gasteiger partial charge < -0.3 is 10.3 Å². The molecular formula is C30H22Br2N2O7. The molecule has 11 heteroatoms. The topological polar surface area (TPSA) is 144 Å². The first-order valence-electron chi connectivity index (χ1n) is 11.8. The van der Waals surface area contributed by atoms with E-state index in [-0.39, 0.29) is 10.6 Å². The fourth-order valence-electron chi connectivity index (χ4n) is 4.27. The predicted octanol–water partition coefficient (Wildman–Crippen LogP) is 9.16. The van der Waals surface area contributed by atoms with Crippen LogP contribution in [0.4, 0.5) is 5.69 Å². The molecule has 0 unspecified atom stereocenters. The number of fused-ring (bicyclic) bond motifs is 6. The number of hydrogen-bond acceptors (Lipinski definition) is 5. The third kappa shape index (κ3) is 7.74. The zero-order chi connectivity index (χ0) is 30.1. The Hall–Kier alpha value is -4.61. The van der Waals surface area contributed by atoms with Gasteiger partial charge in [-0.2, -0.15) is 0 Å². The Bertz CT molecular complexity index is 1870. The van der Waals surface area contributed by atoms with Crippen molar-refractivity contribution in [2.24, 2.45) is 0 Å². The van der Waals surface area contributed by atoms with Gasteiger partial charge in [0.05, 0.1) is 10.3 Å². The monoisotopic (exact) mass is 680 g/mol. The van der Waals surface area contributed by atoms with Gasteiger partial charge in [-0.25, -0.2) is 0 Å². The molecular weight excluding hydrogens is 660 g/mol. The van der Waals surface area contributed by atoms with Crippen molar-refractivity contribution in [3.8, 4) is 0 Å². The van der Waals surface area contributed by atoms with Crippen molar-refractivity contribution >= 4 is 86.6 Å². The van der Waals surface area contributed by atoms with E-state index >= 15 is 0 Å². The van der Waals surface area contributed by atoms with E-state index in [9.17, 15) is 10.1 Å². The third-order valence-corrected chi connectivity index (χ3v) is 7.20. The second kappa shape index (κ2) is 14.1. The van der Waals surface area contributed by atoms with Gasteiger partial charge in [0.1, 0.15) is 4.47 Å². The lowest BCUT2D eigenvalue weighted by Crippen LogP contribution is -1.92. The second-order valence-corrected chi connectivity index (χ2v) is 10.0. The molecule has 0 heterocycles. The Labute approximate surface area is 250 Å².